The third kappa shape index (κ3) is 3.49. The minimum Gasteiger partial charge on any atom is -0.465 e. The van der Waals surface area contributed by atoms with Gasteiger partial charge in [0, 0.05) is 5.92 Å². The van der Waals surface area contributed by atoms with Crippen LogP contribution < -0.4 is 0 Å². The summed E-state index contributed by atoms with van der Waals surface area (Å²) in [6.07, 6.45) is 4.06. The largest absolute Gasteiger partial charge is 0.465 e. The van der Waals surface area contributed by atoms with Crippen molar-refractivity contribution in [2.45, 2.75) is 12.8 Å². The Kier molecular flexibility index (Phi) is 3.62. The van der Waals surface area contributed by atoms with Crippen LogP contribution in [0.5, 0.6) is 0 Å². The van der Waals surface area contributed by atoms with Crippen LogP contribution in [-0.2, 0) is 9.53 Å². The first-order valence-corrected chi connectivity index (χ1v) is 5.66. The molecule has 17 heavy (non-hydrogen) atoms. The number of hydrogen-bond donors (Lipinski definition) is 0. The summed E-state index contributed by atoms with van der Waals surface area (Å²) < 4.78 is 4.73. The summed E-state index contributed by atoms with van der Waals surface area (Å²) in [5, 5.41) is 0. The molecule has 0 aliphatic heterocycles. The number of ether oxygens (including phenoxy) is 1. The lowest BCUT2D eigenvalue weighted by Gasteiger charge is -1.98. The highest BCUT2D eigenvalue weighted by molar-refractivity contribution is 5.98. The summed E-state index contributed by atoms with van der Waals surface area (Å²) in [6.45, 7) is 0. The molecular weight excluding hydrogens is 212 g/mol. The highest BCUT2D eigenvalue weighted by Gasteiger charge is 2.18. The number of hydrogen-bond acceptors (Lipinski definition) is 2. The van der Waals surface area contributed by atoms with Gasteiger partial charge < -0.3 is 4.74 Å². The average molecular weight is 226 g/mol. The molecule has 0 spiro atoms. The molecule has 0 bridgehead atoms. The molecule has 1 aromatic carbocycles. The lowest BCUT2D eigenvalue weighted by molar-refractivity contribution is -0.135. The summed E-state index contributed by atoms with van der Waals surface area (Å²) in [5.41, 5.74) is 1.38. The third-order valence-electron chi connectivity index (χ3n) is 2.50. The monoisotopic (exact) mass is 226 g/mol. The standard InChI is InChI=1S/C15H14O2/c1-17-15(16)14(10-9-12-7-8-12)11-13-5-3-2-4-6-13/h2-6,11-12H,7-8H2,1H3/b14-11+. The van der Waals surface area contributed by atoms with Gasteiger partial charge in [-0.25, -0.2) is 4.79 Å². The minimum atomic E-state index is -0.373. The van der Waals surface area contributed by atoms with Gasteiger partial charge in [-0.1, -0.05) is 42.2 Å². The Labute approximate surface area is 101 Å². The SMILES string of the molecule is COC(=O)/C(C#CC1CC1)=C/c1ccccc1. The van der Waals surface area contributed by atoms with Gasteiger partial charge in [0.05, 0.1) is 7.11 Å². The van der Waals surface area contributed by atoms with E-state index in [2.05, 4.69) is 11.8 Å². The van der Waals surface area contributed by atoms with E-state index in [0.29, 0.717) is 11.5 Å². The van der Waals surface area contributed by atoms with E-state index < -0.39 is 0 Å². The van der Waals surface area contributed by atoms with Crippen molar-refractivity contribution in [2.75, 3.05) is 7.11 Å². The van der Waals surface area contributed by atoms with Crippen molar-refractivity contribution in [3.63, 3.8) is 0 Å². The van der Waals surface area contributed by atoms with Gasteiger partial charge >= 0.3 is 5.97 Å². The maximum absolute atomic E-state index is 11.6. The van der Waals surface area contributed by atoms with E-state index in [9.17, 15) is 4.79 Å². The summed E-state index contributed by atoms with van der Waals surface area (Å²) in [4.78, 5) is 11.6. The maximum Gasteiger partial charge on any atom is 0.346 e. The fourth-order valence-corrected chi connectivity index (χ4v) is 1.38. The molecular formula is C15H14O2. The molecule has 86 valence electrons. The van der Waals surface area contributed by atoms with E-state index >= 15 is 0 Å². The van der Waals surface area contributed by atoms with E-state index in [0.717, 1.165) is 18.4 Å². The highest BCUT2D eigenvalue weighted by Crippen LogP contribution is 2.27. The molecule has 0 N–H and O–H groups in total. The Morgan fingerprint density at radius 1 is 1.35 bits per heavy atom. The average Bonchev–Trinajstić information content (AvgIpc) is 3.19. The molecule has 2 heteroatoms. The summed E-state index contributed by atoms with van der Waals surface area (Å²) in [5.74, 6) is 6.09. The molecule has 1 aliphatic rings. The number of carbonyl (C=O) groups is 1. The lowest BCUT2D eigenvalue weighted by Crippen LogP contribution is -2.02. The van der Waals surface area contributed by atoms with Crippen molar-refractivity contribution in [3.8, 4) is 11.8 Å². The van der Waals surface area contributed by atoms with E-state index in [4.69, 9.17) is 4.74 Å². The van der Waals surface area contributed by atoms with E-state index in [1.54, 1.807) is 6.08 Å². The topological polar surface area (TPSA) is 26.3 Å². The summed E-state index contributed by atoms with van der Waals surface area (Å²) in [7, 11) is 1.37. The van der Waals surface area contributed by atoms with Crippen molar-refractivity contribution >= 4 is 12.0 Å². The van der Waals surface area contributed by atoms with Crippen LogP contribution in [-0.4, -0.2) is 13.1 Å². The molecule has 0 atom stereocenters. The van der Waals surface area contributed by atoms with Crippen molar-refractivity contribution < 1.29 is 9.53 Å². The zero-order valence-electron chi connectivity index (χ0n) is 9.77. The molecule has 0 amide bonds. The zero-order chi connectivity index (χ0) is 12.1. The van der Waals surface area contributed by atoms with Gasteiger partial charge in [-0.2, -0.15) is 0 Å². The first-order chi connectivity index (χ1) is 8.29. The van der Waals surface area contributed by atoms with E-state index in [1.165, 1.54) is 7.11 Å². The van der Waals surface area contributed by atoms with Crippen LogP contribution in [0.2, 0.25) is 0 Å². The molecule has 1 aliphatic carbocycles. The van der Waals surface area contributed by atoms with Gasteiger partial charge in [-0.3, -0.25) is 0 Å². The minimum absolute atomic E-state index is 0.373. The lowest BCUT2D eigenvalue weighted by atomic mass is 10.1. The fourth-order valence-electron chi connectivity index (χ4n) is 1.38. The highest BCUT2D eigenvalue weighted by atomic mass is 16.5. The second-order valence-corrected chi connectivity index (χ2v) is 4.00. The van der Waals surface area contributed by atoms with Gasteiger partial charge in [0.25, 0.3) is 0 Å². The molecule has 1 saturated carbocycles. The van der Waals surface area contributed by atoms with E-state index in [1.807, 2.05) is 30.3 Å². The first kappa shape index (κ1) is 11.5. The van der Waals surface area contributed by atoms with Gasteiger partial charge in [0.1, 0.15) is 5.57 Å². The smallest absolute Gasteiger partial charge is 0.346 e. The number of carbonyl (C=O) groups excluding carboxylic acids is 1. The second-order valence-electron chi connectivity index (χ2n) is 4.00. The van der Waals surface area contributed by atoms with Crippen molar-refractivity contribution in [1.29, 1.82) is 0 Å². The van der Waals surface area contributed by atoms with Crippen molar-refractivity contribution in [2.24, 2.45) is 5.92 Å². The number of benzene rings is 1. The van der Waals surface area contributed by atoms with Crippen LogP contribution in [0.15, 0.2) is 35.9 Å². The van der Waals surface area contributed by atoms with Gasteiger partial charge in [0.15, 0.2) is 0 Å². The van der Waals surface area contributed by atoms with Crippen LogP contribution in [0.1, 0.15) is 18.4 Å². The Morgan fingerprint density at radius 3 is 2.65 bits per heavy atom. The van der Waals surface area contributed by atoms with Gasteiger partial charge in [-0.15, -0.1) is 0 Å². The van der Waals surface area contributed by atoms with Crippen molar-refractivity contribution in [1.82, 2.24) is 0 Å². The molecule has 0 aromatic heterocycles. The first-order valence-electron chi connectivity index (χ1n) is 5.66. The molecule has 0 saturated heterocycles. The second kappa shape index (κ2) is 5.36. The van der Waals surface area contributed by atoms with Gasteiger partial charge in [0.2, 0.25) is 0 Å². The van der Waals surface area contributed by atoms with Crippen molar-refractivity contribution in [3.05, 3.63) is 41.5 Å². The molecule has 0 unspecified atom stereocenters. The Morgan fingerprint density at radius 2 is 2.06 bits per heavy atom. The Bertz CT molecular complexity index is 485. The van der Waals surface area contributed by atoms with Crippen LogP contribution in [0, 0.1) is 17.8 Å². The summed E-state index contributed by atoms with van der Waals surface area (Å²) in [6, 6.07) is 9.65. The van der Waals surface area contributed by atoms with Gasteiger partial charge in [-0.05, 0) is 24.5 Å². The maximum atomic E-state index is 11.6. The van der Waals surface area contributed by atoms with E-state index in [-0.39, 0.29) is 5.97 Å². The Hall–Kier alpha value is -2.01. The van der Waals surface area contributed by atoms with Crippen LogP contribution in [0.25, 0.3) is 6.08 Å². The fraction of sp³-hybridized carbons (Fsp3) is 0.267. The quantitative estimate of drug-likeness (QED) is 0.440. The molecule has 0 heterocycles. The predicted octanol–water partition coefficient (Wildman–Crippen LogP) is 2.66. The normalized spacial score (nSPS) is 14.8. The van der Waals surface area contributed by atoms with Crippen LogP contribution in [0.3, 0.4) is 0 Å². The molecule has 2 rings (SSSR count). The predicted molar refractivity (Wildman–Crippen MR) is 66.9 cm³/mol. The molecule has 0 radical (unpaired) electrons. The number of rotatable bonds is 2. The molecule has 2 nitrogen and oxygen atoms in total. The Balaban J connectivity index is 2.23. The molecule has 1 aromatic rings. The third-order valence-corrected chi connectivity index (χ3v) is 2.50. The summed E-state index contributed by atoms with van der Waals surface area (Å²) >= 11 is 0. The zero-order valence-corrected chi connectivity index (χ0v) is 9.77. The van der Waals surface area contributed by atoms with Crippen LogP contribution in [0.4, 0.5) is 0 Å². The molecule has 1 fully saturated rings. The van der Waals surface area contributed by atoms with Crippen LogP contribution >= 0.6 is 0 Å². The number of esters is 1. The number of methoxy groups -OCH3 is 1.